The second-order valence-electron chi connectivity index (χ2n) is 3.22. The molecule has 0 unspecified atom stereocenters. The minimum absolute atomic E-state index is 0.181. The molecular formula is C7H15NO2S. The third-order valence-corrected chi connectivity index (χ3v) is 2.04. The first kappa shape index (κ1) is 10.8. The summed E-state index contributed by atoms with van der Waals surface area (Å²) >= 11 is 3.91. The van der Waals surface area contributed by atoms with Crippen molar-refractivity contribution in [3.63, 3.8) is 0 Å². The van der Waals surface area contributed by atoms with Crippen LogP contribution in [0.1, 0.15) is 20.3 Å². The zero-order chi connectivity index (χ0) is 9.07. The molecule has 3 N–H and O–H groups in total. The molecule has 0 heterocycles. The van der Waals surface area contributed by atoms with Crippen LogP contribution in [-0.4, -0.2) is 22.4 Å². The molecule has 0 radical (unpaired) electrons. The molecule has 0 aromatic rings. The van der Waals surface area contributed by atoms with Crippen molar-refractivity contribution in [1.29, 1.82) is 0 Å². The van der Waals surface area contributed by atoms with Gasteiger partial charge in [-0.05, 0) is 12.3 Å². The van der Waals surface area contributed by atoms with Crippen molar-refractivity contribution in [3.05, 3.63) is 0 Å². The molecule has 4 heteroatoms. The lowest BCUT2D eigenvalue weighted by molar-refractivity contribution is -0.143. The van der Waals surface area contributed by atoms with E-state index in [1.54, 1.807) is 0 Å². The molecule has 66 valence electrons. The number of carbonyl (C=O) groups is 1. The summed E-state index contributed by atoms with van der Waals surface area (Å²) in [6.07, 6.45) is 0.464. The SMILES string of the molecule is CC(C)C[C@@](N)(CS)C(=O)O. The highest BCUT2D eigenvalue weighted by Gasteiger charge is 2.32. The number of hydrogen-bond donors (Lipinski definition) is 3. The molecule has 0 saturated carbocycles. The van der Waals surface area contributed by atoms with E-state index in [1.165, 1.54) is 0 Å². The topological polar surface area (TPSA) is 63.3 Å². The number of aliphatic carboxylic acids is 1. The van der Waals surface area contributed by atoms with Crippen molar-refractivity contribution < 1.29 is 9.90 Å². The van der Waals surface area contributed by atoms with E-state index in [0.717, 1.165) is 0 Å². The molecule has 11 heavy (non-hydrogen) atoms. The van der Waals surface area contributed by atoms with Crippen LogP contribution in [0.5, 0.6) is 0 Å². The lowest BCUT2D eigenvalue weighted by atomic mass is 9.92. The Hall–Kier alpha value is -0.220. The molecule has 0 fully saturated rings. The van der Waals surface area contributed by atoms with Crippen molar-refractivity contribution in [1.82, 2.24) is 0 Å². The number of carboxylic acids is 1. The lowest BCUT2D eigenvalue weighted by Crippen LogP contribution is -2.50. The summed E-state index contributed by atoms with van der Waals surface area (Å²) in [6, 6.07) is 0. The molecular weight excluding hydrogens is 162 g/mol. The molecule has 3 nitrogen and oxygen atoms in total. The van der Waals surface area contributed by atoms with Gasteiger partial charge in [-0.3, -0.25) is 4.79 Å². The van der Waals surface area contributed by atoms with E-state index in [-0.39, 0.29) is 11.7 Å². The summed E-state index contributed by atoms with van der Waals surface area (Å²) in [5.74, 6) is -0.509. The van der Waals surface area contributed by atoms with Gasteiger partial charge in [-0.15, -0.1) is 0 Å². The van der Waals surface area contributed by atoms with Crippen molar-refractivity contribution in [2.24, 2.45) is 11.7 Å². The molecule has 0 bridgehead atoms. The predicted molar refractivity (Wildman–Crippen MR) is 47.9 cm³/mol. The molecule has 0 amide bonds. The van der Waals surface area contributed by atoms with Gasteiger partial charge >= 0.3 is 5.97 Å². The maximum atomic E-state index is 10.6. The van der Waals surface area contributed by atoms with E-state index in [2.05, 4.69) is 12.6 Å². The van der Waals surface area contributed by atoms with Crippen LogP contribution in [0, 0.1) is 5.92 Å². The zero-order valence-corrected chi connectivity index (χ0v) is 7.77. The standard InChI is InChI=1S/C7H15NO2S/c1-5(2)3-7(8,4-11)6(9)10/h5,11H,3-4,8H2,1-2H3,(H,9,10)/t7-/m1/s1. The highest BCUT2D eigenvalue weighted by atomic mass is 32.1. The van der Waals surface area contributed by atoms with Crippen LogP contribution in [0.3, 0.4) is 0 Å². The second kappa shape index (κ2) is 3.97. The van der Waals surface area contributed by atoms with Gasteiger partial charge in [-0.25, -0.2) is 0 Å². The monoisotopic (exact) mass is 177 g/mol. The number of nitrogens with two attached hydrogens (primary N) is 1. The van der Waals surface area contributed by atoms with Gasteiger partial charge in [0.05, 0.1) is 0 Å². The third kappa shape index (κ3) is 3.12. The van der Waals surface area contributed by atoms with E-state index in [1.807, 2.05) is 13.8 Å². The van der Waals surface area contributed by atoms with Crippen LogP contribution in [0.15, 0.2) is 0 Å². The summed E-state index contributed by atoms with van der Waals surface area (Å²) in [6.45, 7) is 3.88. The highest BCUT2D eigenvalue weighted by Crippen LogP contribution is 2.15. The average molecular weight is 177 g/mol. The van der Waals surface area contributed by atoms with Crippen LogP contribution in [0.25, 0.3) is 0 Å². The Bertz CT molecular complexity index is 149. The van der Waals surface area contributed by atoms with Gasteiger partial charge < -0.3 is 10.8 Å². The van der Waals surface area contributed by atoms with Crippen LogP contribution in [-0.2, 0) is 4.79 Å². The molecule has 0 aliphatic heterocycles. The Morgan fingerprint density at radius 2 is 2.18 bits per heavy atom. The number of thiol groups is 1. The van der Waals surface area contributed by atoms with Gasteiger partial charge in [-0.1, -0.05) is 13.8 Å². The fraction of sp³-hybridized carbons (Fsp3) is 0.857. The molecule has 1 atom stereocenters. The molecule has 0 aromatic carbocycles. The molecule has 0 aromatic heterocycles. The van der Waals surface area contributed by atoms with Gasteiger partial charge in [0.15, 0.2) is 0 Å². The average Bonchev–Trinajstić information content (AvgIpc) is 1.86. The van der Waals surface area contributed by atoms with Gasteiger partial charge in [0.1, 0.15) is 5.54 Å². The van der Waals surface area contributed by atoms with Gasteiger partial charge in [0, 0.05) is 5.75 Å². The first-order valence-electron chi connectivity index (χ1n) is 3.55. The Labute approximate surface area is 72.4 Å². The first-order valence-corrected chi connectivity index (χ1v) is 4.19. The van der Waals surface area contributed by atoms with Gasteiger partial charge in [0.2, 0.25) is 0 Å². The Morgan fingerprint density at radius 1 is 1.73 bits per heavy atom. The highest BCUT2D eigenvalue weighted by molar-refractivity contribution is 7.80. The van der Waals surface area contributed by atoms with Crippen molar-refractivity contribution >= 4 is 18.6 Å². The van der Waals surface area contributed by atoms with E-state index >= 15 is 0 Å². The molecule has 0 aliphatic carbocycles. The summed E-state index contributed by atoms with van der Waals surface area (Å²) in [4.78, 5) is 10.6. The van der Waals surface area contributed by atoms with E-state index in [4.69, 9.17) is 10.8 Å². The Balaban J connectivity index is 4.22. The minimum atomic E-state index is -1.16. The molecule has 0 spiro atoms. The summed E-state index contributed by atoms with van der Waals surface area (Å²) in [5.41, 5.74) is 4.41. The van der Waals surface area contributed by atoms with Crippen molar-refractivity contribution in [2.75, 3.05) is 5.75 Å². The number of hydrogen-bond acceptors (Lipinski definition) is 3. The van der Waals surface area contributed by atoms with Crippen molar-refractivity contribution in [2.45, 2.75) is 25.8 Å². The first-order chi connectivity index (χ1) is 4.92. The molecule has 0 rings (SSSR count). The van der Waals surface area contributed by atoms with Crippen LogP contribution >= 0.6 is 12.6 Å². The molecule has 0 aliphatic rings. The van der Waals surface area contributed by atoms with Crippen molar-refractivity contribution in [3.8, 4) is 0 Å². The van der Waals surface area contributed by atoms with Crippen LogP contribution < -0.4 is 5.73 Å². The maximum Gasteiger partial charge on any atom is 0.324 e. The summed E-state index contributed by atoms with van der Waals surface area (Å²) < 4.78 is 0. The lowest BCUT2D eigenvalue weighted by Gasteiger charge is -2.24. The smallest absolute Gasteiger partial charge is 0.324 e. The third-order valence-electron chi connectivity index (χ3n) is 1.48. The number of rotatable bonds is 4. The minimum Gasteiger partial charge on any atom is -0.480 e. The largest absolute Gasteiger partial charge is 0.480 e. The van der Waals surface area contributed by atoms with Crippen LogP contribution in [0.4, 0.5) is 0 Å². The van der Waals surface area contributed by atoms with E-state index in [9.17, 15) is 4.79 Å². The Kier molecular flexibility index (Phi) is 3.89. The summed E-state index contributed by atoms with van der Waals surface area (Å²) in [5, 5.41) is 8.71. The zero-order valence-electron chi connectivity index (χ0n) is 6.87. The number of carboxylic acid groups (broad SMARTS) is 1. The normalized spacial score (nSPS) is 16.5. The maximum absolute atomic E-state index is 10.6. The van der Waals surface area contributed by atoms with Gasteiger partial charge in [0.25, 0.3) is 0 Å². The fourth-order valence-corrected chi connectivity index (χ4v) is 1.21. The second-order valence-corrected chi connectivity index (χ2v) is 3.53. The van der Waals surface area contributed by atoms with Gasteiger partial charge in [-0.2, -0.15) is 12.6 Å². The quantitative estimate of drug-likeness (QED) is 0.555. The van der Waals surface area contributed by atoms with E-state index < -0.39 is 11.5 Å². The van der Waals surface area contributed by atoms with E-state index in [0.29, 0.717) is 6.42 Å². The Morgan fingerprint density at radius 3 is 2.27 bits per heavy atom. The van der Waals surface area contributed by atoms with Crippen LogP contribution in [0.2, 0.25) is 0 Å². The predicted octanol–water partition coefficient (Wildman–Crippen LogP) is 0.744. The fourth-order valence-electron chi connectivity index (χ4n) is 0.948. The molecule has 0 saturated heterocycles. The summed E-state index contributed by atoms with van der Waals surface area (Å²) in [7, 11) is 0.